The number of furan rings is 1. The molecule has 0 fully saturated rings. The predicted molar refractivity (Wildman–Crippen MR) is 122 cm³/mol. The molecule has 0 saturated carbocycles. The molecule has 168 valence electrons. The van der Waals surface area contributed by atoms with E-state index in [-0.39, 0.29) is 23.6 Å². The highest BCUT2D eigenvalue weighted by Gasteiger charge is 2.43. The quantitative estimate of drug-likeness (QED) is 0.440. The Balaban J connectivity index is 1.76. The summed E-state index contributed by atoms with van der Waals surface area (Å²) in [4.78, 5) is 28.8. The monoisotopic (exact) mass is 445 g/mol. The van der Waals surface area contributed by atoms with Crippen LogP contribution < -0.4 is 14.9 Å². The summed E-state index contributed by atoms with van der Waals surface area (Å²) in [6, 6.07) is 11.9. The van der Waals surface area contributed by atoms with E-state index in [9.17, 15) is 9.59 Å². The molecule has 0 unspecified atom stereocenters. The number of carbonyl (C=O) groups excluding carboxylic acids is 1. The maximum atomic E-state index is 13.7. The van der Waals surface area contributed by atoms with E-state index < -0.39 is 6.04 Å². The van der Waals surface area contributed by atoms with Crippen LogP contribution in [0.1, 0.15) is 44.6 Å². The lowest BCUT2D eigenvalue weighted by Gasteiger charge is -2.25. The van der Waals surface area contributed by atoms with Gasteiger partial charge in [-0.25, -0.2) is 0 Å². The number of ether oxygens (including phenoxy) is 2. The van der Waals surface area contributed by atoms with Crippen LogP contribution in [-0.4, -0.2) is 25.0 Å². The number of fused-ring (bicyclic) bond motifs is 2. The number of benzene rings is 2. The van der Waals surface area contributed by atoms with Gasteiger partial charge in [-0.3, -0.25) is 9.59 Å². The zero-order chi connectivity index (χ0) is 23.3. The first-order valence-corrected chi connectivity index (χ1v) is 10.6. The Morgan fingerprint density at radius 3 is 2.42 bits per heavy atom. The summed E-state index contributed by atoms with van der Waals surface area (Å²) < 4.78 is 22.4. The molecule has 2 aromatic carbocycles. The molecule has 33 heavy (non-hydrogen) atoms. The van der Waals surface area contributed by atoms with Crippen LogP contribution in [0.4, 0.5) is 0 Å². The molecule has 0 bridgehead atoms. The lowest BCUT2D eigenvalue weighted by atomic mass is 9.97. The molecule has 0 saturated heterocycles. The Kier molecular flexibility index (Phi) is 4.96. The second-order valence-electron chi connectivity index (χ2n) is 8.14. The van der Waals surface area contributed by atoms with Gasteiger partial charge in [0.05, 0.1) is 44.0 Å². The van der Waals surface area contributed by atoms with E-state index in [4.69, 9.17) is 18.3 Å². The van der Waals surface area contributed by atoms with Crippen molar-refractivity contribution in [1.82, 2.24) is 4.90 Å². The van der Waals surface area contributed by atoms with Crippen molar-refractivity contribution in [3.8, 4) is 11.5 Å². The van der Waals surface area contributed by atoms with E-state index >= 15 is 0 Å². The third-order valence-electron chi connectivity index (χ3n) is 6.21. The average Bonchev–Trinajstić information content (AvgIpc) is 3.42. The summed E-state index contributed by atoms with van der Waals surface area (Å²) >= 11 is 0. The van der Waals surface area contributed by atoms with Crippen molar-refractivity contribution in [2.24, 2.45) is 0 Å². The number of rotatable bonds is 5. The van der Waals surface area contributed by atoms with Crippen molar-refractivity contribution in [2.75, 3.05) is 14.2 Å². The second kappa shape index (κ2) is 7.85. The average molecular weight is 445 g/mol. The van der Waals surface area contributed by atoms with Crippen LogP contribution in [0.2, 0.25) is 0 Å². The molecule has 7 heteroatoms. The van der Waals surface area contributed by atoms with E-state index in [1.165, 1.54) is 0 Å². The predicted octanol–water partition coefficient (Wildman–Crippen LogP) is 4.77. The van der Waals surface area contributed by atoms with Crippen LogP contribution in [0.15, 0.2) is 62.4 Å². The van der Waals surface area contributed by atoms with Crippen LogP contribution >= 0.6 is 0 Å². The second-order valence-corrected chi connectivity index (χ2v) is 8.14. The number of carbonyl (C=O) groups is 1. The Bertz CT molecular complexity index is 1430. The zero-order valence-corrected chi connectivity index (χ0v) is 18.8. The van der Waals surface area contributed by atoms with Gasteiger partial charge >= 0.3 is 0 Å². The fourth-order valence-corrected chi connectivity index (χ4v) is 4.38. The minimum atomic E-state index is -0.667. The summed E-state index contributed by atoms with van der Waals surface area (Å²) in [5.74, 6) is 1.36. The van der Waals surface area contributed by atoms with E-state index in [1.807, 2.05) is 26.0 Å². The maximum absolute atomic E-state index is 13.7. The molecule has 1 atom stereocenters. The van der Waals surface area contributed by atoms with Crippen LogP contribution in [0.5, 0.6) is 11.5 Å². The fraction of sp³-hybridized carbons (Fsp3) is 0.231. The van der Waals surface area contributed by atoms with Gasteiger partial charge in [-0.05, 0) is 66.9 Å². The fourth-order valence-electron chi connectivity index (χ4n) is 4.38. The minimum Gasteiger partial charge on any atom is -0.493 e. The number of nitrogens with zero attached hydrogens (tertiary/aromatic N) is 1. The number of aryl methyl sites for hydroxylation is 2. The molecule has 0 radical (unpaired) electrons. The Morgan fingerprint density at radius 1 is 0.970 bits per heavy atom. The molecular weight excluding hydrogens is 422 g/mol. The van der Waals surface area contributed by atoms with Crippen molar-refractivity contribution in [1.29, 1.82) is 0 Å². The summed E-state index contributed by atoms with van der Waals surface area (Å²) in [5, 5.41) is 0.454. The first-order chi connectivity index (χ1) is 15.9. The number of hydrogen-bond donors (Lipinski definition) is 0. The molecule has 4 aromatic rings. The molecule has 0 N–H and O–H groups in total. The van der Waals surface area contributed by atoms with E-state index in [1.54, 1.807) is 55.7 Å². The highest BCUT2D eigenvalue weighted by Crippen LogP contribution is 2.41. The minimum absolute atomic E-state index is 0.0575. The third-order valence-corrected chi connectivity index (χ3v) is 6.21. The summed E-state index contributed by atoms with van der Waals surface area (Å²) in [6.07, 6.45) is 1.55. The first-order valence-electron chi connectivity index (χ1n) is 10.6. The summed E-state index contributed by atoms with van der Waals surface area (Å²) in [7, 11) is 3.10. The maximum Gasteiger partial charge on any atom is 0.291 e. The van der Waals surface area contributed by atoms with Gasteiger partial charge in [0, 0.05) is 0 Å². The SMILES string of the molecule is COc1ccc([C@@H]2c3c(oc4cc(C)c(C)cc4c3=O)C(=O)N2Cc2ccco2)cc1OC. The highest BCUT2D eigenvalue weighted by molar-refractivity contribution is 5.99. The third kappa shape index (κ3) is 3.28. The van der Waals surface area contributed by atoms with Crippen molar-refractivity contribution in [3.05, 3.63) is 92.7 Å². The number of amides is 1. The molecule has 5 rings (SSSR count). The molecule has 0 aliphatic carbocycles. The summed E-state index contributed by atoms with van der Waals surface area (Å²) in [5.41, 5.74) is 3.18. The van der Waals surface area contributed by atoms with Crippen molar-refractivity contribution >= 4 is 16.9 Å². The molecule has 0 spiro atoms. The standard InChI is InChI=1S/C26H23NO6/c1-14-10-18-20(11-15(14)2)33-25-22(24(18)28)23(16-7-8-19(30-3)21(12-16)31-4)27(26(25)29)13-17-6-5-9-32-17/h5-12,23H,13H2,1-4H3/t23-/m1/s1. The van der Waals surface area contributed by atoms with Crippen LogP contribution in [0.25, 0.3) is 11.0 Å². The smallest absolute Gasteiger partial charge is 0.291 e. The lowest BCUT2D eigenvalue weighted by molar-refractivity contribution is 0.0701. The Labute approximate surface area is 190 Å². The van der Waals surface area contributed by atoms with Gasteiger partial charge in [0.2, 0.25) is 5.76 Å². The normalized spacial score (nSPS) is 15.2. The van der Waals surface area contributed by atoms with Gasteiger partial charge in [0.15, 0.2) is 16.9 Å². The Morgan fingerprint density at radius 2 is 1.73 bits per heavy atom. The number of hydrogen-bond acceptors (Lipinski definition) is 6. The van der Waals surface area contributed by atoms with Crippen LogP contribution in [0, 0.1) is 13.8 Å². The van der Waals surface area contributed by atoms with Gasteiger partial charge in [-0.1, -0.05) is 6.07 Å². The van der Waals surface area contributed by atoms with Crippen LogP contribution in [0.3, 0.4) is 0 Å². The van der Waals surface area contributed by atoms with Gasteiger partial charge in [0.1, 0.15) is 11.3 Å². The van der Waals surface area contributed by atoms with E-state index in [0.29, 0.717) is 39.4 Å². The molecule has 2 aromatic heterocycles. The van der Waals surface area contributed by atoms with E-state index in [2.05, 4.69) is 0 Å². The molecule has 7 nitrogen and oxygen atoms in total. The summed E-state index contributed by atoms with van der Waals surface area (Å²) in [6.45, 7) is 4.07. The number of methoxy groups -OCH3 is 2. The van der Waals surface area contributed by atoms with Gasteiger partial charge in [-0.15, -0.1) is 0 Å². The zero-order valence-electron chi connectivity index (χ0n) is 18.8. The Hall–Kier alpha value is -4.00. The van der Waals surface area contributed by atoms with Crippen molar-refractivity contribution < 1.29 is 23.1 Å². The van der Waals surface area contributed by atoms with Crippen molar-refractivity contribution in [3.63, 3.8) is 0 Å². The van der Waals surface area contributed by atoms with Crippen LogP contribution in [-0.2, 0) is 6.54 Å². The van der Waals surface area contributed by atoms with Gasteiger partial charge in [-0.2, -0.15) is 0 Å². The largest absolute Gasteiger partial charge is 0.493 e. The topological polar surface area (TPSA) is 82.1 Å². The van der Waals surface area contributed by atoms with Gasteiger partial charge < -0.3 is 23.2 Å². The van der Waals surface area contributed by atoms with E-state index in [0.717, 1.165) is 11.1 Å². The van der Waals surface area contributed by atoms with Crippen molar-refractivity contribution in [2.45, 2.75) is 26.4 Å². The molecular formula is C26H23NO6. The highest BCUT2D eigenvalue weighted by atomic mass is 16.5. The molecule has 1 amide bonds. The van der Waals surface area contributed by atoms with Gasteiger partial charge in [0.25, 0.3) is 5.91 Å². The first kappa shape index (κ1) is 20.9. The molecule has 1 aliphatic heterocycles. The molecule has 3 heterocycles. The molecule has 1 aliphatic rings. The lowest BCUT2D eigenvalue weighted by Crippen LogP contribution is -2.29.